The van der Waals surface area contributed by atoms with Crippen molar-refractivity contribution in [2.75, 3.05) is 7.11 Å². The van der Waals surface area contributed by atoms with E-state index in [1.807, 2.05) is 0 Å². The van der Waals surface area contributed by atoms with Crippen LogP contribution < -0.4 is 4.74 Å². The molecule has 0 bridgehead atoms. The third-order valence-electron chi connectivity index (χ3n) is 1.80. The summed E-state index contributed by atoms with van der Waals surface area (Å²) in [6.07, 6.45) is 0.0779. The van der Waals surface area contributed by atoms with Crippen molar-refractivity contribution in [3.63, 3.8) is 0 Å². The first-order chi connectivity index (χ1) is 7.00. The van der Waals surface area contributed by atoms with E-state index in [2.05, 4.69) is 4.98 Å². The molecule has 0 aliphatic carbocycles. The summed E-state index contributed by atoms with van der Waals surface area (Å²) in [4.78, 5) is 3.90. The fraction of sp³-hybridized carbons (Fsp3) is 0.125. The lowest BCUT2D eigenvalue weighted by atomic mass is 10.3. The Morgan fingerprint density at radius 3 is 2.80 bits per heavy atom. The topological polar surface area (TPSA) is 69.4 Å². The Balaban J connectivity index is 2.66. The summed E-state index contributed by atoms with van der Waals surface area (Å²) < 4.78 is 31.9. The number of fused-ring (bicyclic) bond motifs is 1. The number of hydrogen-bond acceptors (Lipinski definition) is 5. The van der Waals surface area contributed by atoms with Gasteiger partial charge in [-0.05, 0) is 12.1 Å². The molecule has 5 nitrogen and oxygen atoms in total. The highest BCUT2D eigenvalue weighted by molar-refractivity contribution is 8.13. The van der Waals surface area contributed by atoms with Crippen molar-refractivity contribution in [3.05, 3.63) is 18.2 Å². The van der Waals surface area contributed by atoms with E-state index >= 15 is 0 Å². The van der Waals surface area contributed by atoms with Crippen LogP contribution >= 0.6 is 10.7 Å². The first-order valence-electron chi connectivity index (χ1n) is 3.90. The molecule has 1 aromatic carbocycles. The number of rotatable bonds is 2. The molecule has 0 N–H and O–H groups in total. The molecule has 0 saturated carbocycles. The van der Waals surface area contributed by atoms with Gasteiger partial charge in [0, 0.05) is 16.7 Å². The molecule has 7 heteroatoms. The van der Waals surface area contributed by atoms with Crippen LogP contribution in [0.5, 0.6) is 6.08 Å². The Kier molecular flexibility index (Phi) is 2.32. The van der Waals surface area contributed by atoms with Crippen LogP contribution in [0.4, 0.5) is 0 Å². The van der Waals surface area contributed by atoms with Crippen LogP contribution in [0.2, 0.25) is 0 Å². The maximum absolute atomic E-state index is 11.0. The van der Waals surface area contributed by atoms with Gasteiger partial charge in [-0.25, -0.2) is 8.42 Å². The number of benzene rings is 1. The molecule has 15 heavy (non-hydrogen) atoms. The molecule has 2 aromatic rings. The normalized spacial score (nSPS) is 11.9. The molecular formula is C8H6ClNO4S. The Morgan fingerprint density at radius 1 is 1.47 bits per heavy atom. The van der Waals surface area contributed by atoms with E-state index in [1.54, 1.807) is 0 Å². The van der Waals surface area contributed by atoms with Crippen molar-refractivity contribution in [1.82, 2.24) is 4.98 Å². The first-order valence-corrected chi connectivity index (χ1v) is 6.21. The van der Waals surface area contributed by atoms with Crippen LogP contribution in [0, 0.1) is 0 Å². The van der Waals surface area contributed by atoms with Gasteiger partial charge in [0.1, 0.15) is 5.52 Å². The molecule has 0 fully saturated rings. The highest BCUT2D eigenvalue weighted by Gasteiger charge is 2.13. The van der Waals surface area contributed by atoms with E-state index in [9.17, 15) is 8.42 Å². The quantitative estimate of drug-likeness (QED) is 0.757. The van der Waals surface area contributed by atoms with Crippen LogP contribution in [0.25, 0.3) is 11.1 Å². The summed E-state index contributed by atoms with van der Waals surface area (Å²) in [5.74, 6) is 0. The second-order valence-corrected chi connectivity index (χ2v) is 5.32. The Labute approximate surface area is 90.0 Å². The molecule has 0 saturated heterocycles. The van der Waals surface area contributed by atoms with Crippen LogP contribution in [-0.2, 0) is 9.05 Å². The van der Waals surface area contributed by atoms with E-state index < -0.39 is 9.05 Å². The summed E-state index contributed by atoms with van der Waals surface area (Å²) >= 11 is 0. The fourth-order valence-corrected chi connectivity index (χ4v) is 1.89. The molecule has 0 aliphatic heterocycles. The Bertz CT molecular complexity index is 604. The second kappa shape index (κ2) is 3.39. The third-order valence-corrected chi connectivity index (χ3v) is 3.15. The average Bonchev–Trinajstić information content (AvgIpc) is 2.57. The smallest absolute Gasteiger partial charge is 0.394 e. The molecule has 0 atom stereocenters. The number of ether oxygens (including phenoxy) is 1. The van der Waals surface area contributed by atoms with Crippen LogP contribution in [0.1, 0.15) is 0 Å². The van der Waals surface area contributed by atoms with E-state index in [1.165, 1.54) is 25.3 Å². The minimum Gasteiger partial charge on any atom is -0.453 e. The predicted molar refractivity (Wildman–Crippen MR) is 53.6 cm³/mol. The van der Waals surface area contributed by atoms with Crippen molar-refractivity contribution in [2.24, 2.45) is 0 Å². The van der Waals surface area contributed by atoms with E-state index in [-0.39, 0.29) is 11.0 Å². The molecule has 0 spiro atoms. The van der Waals surface area contributed by atoms with Crippen LogP contribution in [-0.4, -0.2) is 20.5 Å². The first kappa shape index (κ1) is 10.3. The maximum atomic E-state index is 11.0. The molecule has 1 aromatic heterocycles. The molecule has 80 valence electrons. The van der Waals surface area contributed by atoms with Gasteiger partial charge in [-0.3, -0.25) is 0 Å². The van der Waals surface area contributed by atoms with Crippen LogP contribution in [0.15, 0.2) is 27.5 Å². The zero-order chi connectivity index (χ0) is 11.1. The average molecular weight is 248 g/mol. The number of nitrogens with zero attached hydrogens (tertiary/aromatic N) is 1. The summed E-state index contributed by atoms with van der Waals surface area (Å²) in [6, 6.07) is 4.15. The standard InChI is InChI=1S/C8H6ClNO4S/c1-13-8-10-6-3-2-5(15(9,11)12)4-7(6)14-8/h2-4H,1H3. The Hall–Kier alpha value is -1.27. The largest absolute Gasteiger partial charge is 0.453 e. The monoisotopic (exact) mass is 247 g/mol. The number of methoxy groups -OCH3 is 1. The van der Waals surface area contributed by atoms with Gasteiger partial charge in [0.25, 0.3) is 9.05 Å². The van der Waals surface area contributed by atoms with Crippen LogP contribution in [0.3, 0.4) is 0 Å². The van der Waals surface area contributed by atoms with Gasteiger partial charge >= 0.3 is 6.08 Å². The van der Waals surface area contributed by atoms with Crippen molar-refractivity contribution in [3.8, 4) is 6.08 Å². The highest BCUT2D eigenvalue weighted by Crippen LogP contribution is 2.24. The fourth-order valence-electron chi connectivity index (χ4n) is 1.12. The number of oxazole rings is 1. The summed E-state index contributed by atoms with van der Waals surface area (Å²) in [6.45, 7) is 0. The Morgan fingerprint density at radius 2 is 2.20 bits per heavy atom. The maximum Gasteiger partial charge on any atom is 0.394 e. The molecule has 0 radical (unpaired) electrons. The second-order valence-electron chi connectivity index (χ2n) is 2.75. The van der Waals surface area contributed by atoms with Gasteiger partial charge in [0.2, 0.25) is 0 Å². The molecule has 1 heterocycles. The summed E-state index contributed by atoms with van der Waals surface area (Å²) in [5, 5.41) is 0. The number of aromatic nitrogens is 1. The van der Waals surface area contributed by atoms with E-state index in [0.717, 1.165) is 0 Å². The third kappa shape index (κ3) is 1.91. The van der Waals surface area contributed by atoms with Crippen molar-refractivity contribution in [2.45, 2.75) is 4.90 Å². The lowest BCUT2D eigenvalue weighted by Crippen LogP contribution is -1.88. The van der Waals surface area contributed by atoms with Gasteiger partial charge in [0.05, 0.1) is 12.0 Å². The molecule has 2 rings (SSSR count). The number of hydrogen-bond donors (Lipinski definition) is 0. The summed E-state index contributed by atoms with van der Waals surface area (Å²) in [5.41, 5.74) is 0.824. The lowest BCUT2D eigenvalue weighted by Gasteiger charge is -1.93. The van der Waals surface area contributed by atoms with Gasteiger partial charge < -0.3 is 9.15 Å². The minimum atomic E-state index is -3.75. The number of halogens is 1. The van der Waals surface area contributed by atoms with E-state index in [4.69, 9.17) is 19.8 Å². The highest BCUT2D eigenvalue weighted by atomic mass is 35.7. The van der Waals surface area contributed by atoms with Crippen molar-refractivity contribution >= 4 is 30.8 Å². The van der Waals surface area contributed by atoms with Gasteiger partial charge in [-0.1, -0.05) is 0 Å². The van der Waals surface area contributed by atoms with Crippen molar-refractivity contribution < 1.29 is 17.6 Å². The SMILES string of the molecule is COc1nc2ccc(S(=O)(=O)Cl)cc2o1. The zero-order valence-electron chi connectivity index (χ0n) is 7.60. The zero-order valence-corrected chi connectivity index (χ0v) is 9.17. The predicted octanol–water partition coefficient (Wildman–Crippen LogP) is 1.76. The molecule has 0 aliphatic rings. The van der Waals surface area contributed by atoms with Gasteiger partial charge in [0.15, 0.2) is 5.58 Å². The van der Waals surface area contributed by atoms with Gasteiger partial charge in [-0.15, -0.1) is 0 Å². The molecular weight excluding hydrogens is 242 g/mol. The van der Waals surface area contributed by atoms with Gasteiger partial charge in [-0.2, -0.15) is 4.98 Å². The molecule has 0 amide bonds. The lowest BCUT2D eigenvalue weighted by molar-refractivity contribution is 0.299. The summed E-state index contributed by atoms with van der Waals surface area (Å²) in [7, 11) is 2.84. The van der Waals surface area contributed by atoms with E-state index in [0.29, 0.717) is 11.1 Å². The minimum absolute atomic E-state index is 0.0320. The van der Waals surface area contributed by atoms with Crippen molar-refractivity contribution in [1.29, 1.82) is 0 Å². The molecule has 0 unspecified atom stereocenters.